The number of nitrogens with zero attached hydrogens (tertiary/aromatic N) is 1. The number of likely N-dealkylation sites (tertiary alicyclic amines) is 1. The van der Waals surface area contributed by atoms with Crippen LogP contribution in [0.25, 0.3) is 0 Å². The van der Waals surface area contributed by atoms with Gasteiger partial charge in [-0.2, -0.15) is 0 Å². The van der Waals surface area contributed by atoms with Crippen LogP contribution in [-0.4, -0.2) is 49.6 Å². The Morgan fingerprint density at radius 3 is 2.35 bits per heavy atom. The van der Waals surface area contributed by atoms with Gasteiger partial charge in [0.15, 0.2) is 0 Å². The van der Waals surface area contributed by atoms with E-state index in [0.717, 1.165) is 39.1 Å². The molecule has 1 saturated heterocycles. The third-order valence-corrected chi connectivity index (χ3v) is 3.66. The molecule has 1 rings (SSSR count). The number of rotatable bonds is 10. The summed E-state index contributed by atoms with van der Waals surface area (Å²) in [4.78, 5) is 14.3. The number of hydrogen-bond acceptors (Lipinski definition) is 3. The van der Waals surface area contributed by atoms with E-state index in [2.05, 4.69) is 43.2 Å². The molecule has 0 spiro atoms. The number of unbranched alkanes of at least 4 members (excludes halogenated alkanes) is 2. The Hall–Kier alpha value is -0.610. The van der Waals surface area contributed by atoms with Gasteiger partial charge in [-0.1, -0.05) is 34.1 Å². The van der Waals surface area contributed by atoms with Crippen molar-refractivity contribution in [1.82, 2.24) is 15.5 Å². The second-order valence-electron chi connectivity index (χ2n) is 6.77. The van der Waals surface area contributed by atoms with Crippen LogP contribution in [0.3, 0.4) is 0 Å². The van der Waals surface area contributed by atoms with Crippen molar-refractivity contribution < 1.29 is 4.79 Å². The Labute approximate surface area is 124 Å². The van der Waals surface area contributed by atoms with E-state index in [1.807, 2.05) is 0 Å². The average Bonchev–Trinajstić information content (AvgIpc) is 2.31. The fourth-order valence-electron chi connectivity index (χ4n) is 2.57. The maximum atomic E-state index is 11.9. The first-order chi connectivity index (χ1) is 9.49. The summed E-state index contributed by atoms with van der Waals surface area (Å²) in [7, 11) is 0. The Morgan fingerprint density at radius 2 is 1.75 bits per heavy atom. The zero-order valence-electron chi connectivity index (χ0n) is 13.7. The minimum atomic E-state index is 0.233. The molecule has 1 fully saturated rings. The first-order valence-corrected chi connectivity index (χ1v) is 8.22. The lowest BCUT2D eigenvalue weighted by atomic mass is 9.97. The van der Waals surface area contributed by atoms with Crippen molar-refractivity contribution in [2.45, 2.75) is 53.0 Å². The highest BCUT2D eigenvalue weighted by Crippen LogP contribution is 2.16. The van der Waals surface area contributed by atoms with Gasteiger partial charge in [0.1, 0.15) is 0 Å². The normalized spacial score (nSPS) is 16.7. The first-order valence-electron chi connectivity index (χ1n) is 8.22. The molecule has 0 bridgehead atoms. The largest absolute Gasteiger partial charge is 0.356 e. The molecule has 1 amide bonds. The molecule has 4 nitrogen and oxygen atoms in total. The fourth-order valence-corrected chi connectivity index (χ4v) is 2.57. The van der Waals surface area contributed by atoms with Crippen molar-refractivity contribution in [1.29, 1.82) is 0 Å². The monoisotopic (exact) mass is 283 g/mol. The zero-order valence-corrected chi connectivity index (χ0v) is 13.7. The van der Waals surface area contributed by atoms with E-state index in [1.54, 1.807) is 0 Å². The van der Waals surface area contributed by atoms with Gasteiger partial charge in [-0.3, -0.25) is 4.79 Å². The number of amides is 1. The Balaban J connectivity index is 1.92. The van der Waals surface area contributed by atoms with Crippen LogP contribution < -0.4 is 10.6 Å². The van der Waals surface area contributed by atoms with Crippen LogP contribution in [-0.2, 0) is 4.79 Å². The summed E-state index contributed by atoms with van der Waals surface area (Å²) in [6.07, 6.45) is 3.47. The van der Waals surface area contributed by atoms with Crippen molar-refractivity contribution in [3.63, 3.8) is 0 Å². The van der Waals surface area contributed by atoms with E-state index in [-0.39, 0.29) is 11.8 Å². The summed E-state index contributed by atoms with van der Waals surface area (Å²) in [5.74, 6) is 1.18. The lowest BCUT2D eigenvalue weighted by Crippen LogP contribution is -2.54. The van der Waals surface area contributed by atoms with E-state index < -0.39 is 0 Å². The highest BCUT2D eigenvalue weighted by molar-refractivity contribution is 5.79. The predicted octanol–water partition coefficient (Wildman–Crippen LogP) is 1.86. The fraction of sp³-hybridized carbons (Fsp3) is 0.938. The minimum Gasteiger partial charge on any atom is -0.356 e. The Morgan fingerprint density at radius 1 is 1.10 bits per heavy atom. The third-order valence-electron chi connectivity index (χ3n) is 3.66. The van der Waals surface area contributed by atoms with Crippen LogP contribution >= 0.6 is 0 Å². The zero-order chi connectivity index (χ0) is 15.0. The molecule has 0 atom stereocenters. The van der Waals surface area contributed by atoms with Gasteiger partial charge < -0.3 is 15.5 Å². The number of carbonyl (C=O) groups is 1. The minimum absolute atomic E-state index is 0.233. The Bertz CT molecular complexity index is 273. The van der Waals surface area contributed by atoms with Gasteiger partial charge in [-0.05, 0) is 25.3 Å². The maximum absolute atomic E-state index is 11.9. The second kappa shape index (κ2) is 9.35. The van der Waals surface area contributed by atoms with E-state index in [0.29, 0.717) is 12.0 Å². The quantitative estimate of drug-likeness (QED) is 0.602. The van der Waals surface area contributed by atoms with Gasteiger partial charge in [0, 0.05) is 32.2 Å². The number of hydrogen-bond donors (Lipinski definition) is 2. The summed E-state index contributed by atoms with van der Waals surface area (Å²) in [6, 6.07) is 0.571. The highest BCUT2D eigenvalue weighted by atomic mass is 16.2. The van der Waals surface area contributed by atoms with Crippen LogP contribution in [0.5, 0.6) is 0 Å². The molecule has 0 unspecified atom stereocenters. The van der Waals surface area contributed by atoms with Crippen LogP contribution in [0.1, 0.15) is 47.0 Å². The van der Waals surface area contributed by atoms with Gasteiger partial charge in [0.25, 0.3) is 0 Å². The van der Waals surface area contributed by atoms with Crippen LogP contribution in [0.2, 0.25) is 0 Å². The first kappa shape index (κ1) is 17.4. The van der Waals surface area contributed by atoms with E-state index >= 15 is 0 Å². The van der Waals surface area contributed by atoms with Crippen LogP contribution in [0.4, 0.5) is 0 Å². The van der Waals surface area contributed by atoms with E-state index in [9.17, 15) is 4.79 Å². The lowest BCUT2D eigenvalue weighted by molar-refractivity contribution is -0.130. The molecule has 1 aliphatic rings. The van der Waals surface area contributed by atoms with Gasteiger partial charge in [0.2, 0.25) is 5.91 Å². The molecular formula is C16H33N3O. The second-order valence-corrected chi connectivity index (χ2v) is 6.77. The molecule has 0 aliphatic carbocycles. The average molecular weight is 283 g/mol. The predicted molar refractivity (Wildman–Crippen MR) is 84.8 cm³/mol. The van der Waals surface area contributed by atoms with E-state index in [1.165, 1.54) is 12.8 Å². The van der Waals surface area contributed by atoms with Crippen LogP contribution in [0.15, 0.2) is 0 Å². The molecule has 4 heteroatoms. The van der Waals surface area contributed by atoms with Crippen molar-refractivity contribution in [2.24, 2.45) is 11.8 Å². The van der Waals surface area contributed by atoms with Crippen molar-refractivity contribution >= 4 is 5.91 Å². The molecule has 0 saturated carbocycles. The molecule has 118 valence electrons. The topological polar surface area (TPSA) is 44.4 Å². The van der Waals surface area contributed by atoms with Crippen molar-refractivity contribution in [3.05, 3.63) is 0 Å². The summed E-state index contributed by atoms with van der Waals surface area (Å²) in [6.45, 7) is 13.7. The highest BCUT2D eigenvalue weighted by Gasteiger charge is 2.32. The summed E-state index contributed by atoms with van der Waals surface area (Å²) in [5.41, 5.74) is 0. The maximum Gasteiger partial charge on any atom is 0.225 e. The third kappa shape index (κ3) is 7.25. The Kier molecular flexibility index (Phi) is 8.15. The summed E-state index contributed by atoms with van der Waals surface area (Å²) >= 11 is 0. The van der Waals surface area contributed by atoms with Crippen molar-refractivity contribution in [3.8, 4) is 0 Å². The molecular weight excluding hydrogens is 250 g/mol. The standard InChI is InChI=1S/C16H33N3O/c1-13(2)10-19-11-15(12-19)16(20)18-9-7-5-6-8-17-14(3)4/h13-15,17H,5-12H2,1-4H3,(H,18,20). The number of carbonyl (C=O) groups excluding carboxylic acids is 1. The van der Waals surface area contributed by atoms with Gasteiger partial charge in [-0.25, -0.2) is 0 Å². The molecule has 0 aromatic carbocycles. The molecule has 20 heavy (non-hydrogen) atoms. The summed E-state index contributed by atoms with van der Waals surface area (Å²) < 4.78 is 0. The lowest BCUT2D eigenvalue weighted by Gasteiger charge is -2.39. The molecule has 0 radical (unpaired) electrons. The molecule has 0 aromatic heterocycles. The smallest absolute Gasteiger partial charge is 0.225 e. The molecule has 1 heterocycles. The number of nitrogens with one attached hydrogen (secondary N) is 2. The van der Waals surface area contributed by atoms with Gasteiger partial charge in [0.05, 0.1) is 5.92 Å². The van der Waals surface area contributed by atoms with E-state index in [4.69, 9.17) is 0 Å². The summed E-state index contributed by atoms with van der Waals surface area (Å²) in [5, 5.41) is 6.48. The van der Waals surface area contributed by atoms with Gasteiger partial charge in [-0.15, -0.1) is 0 Å². The van der Waals surface area contributed by atoms with Gasteiger partial charge >= 0.3 is 0 Å². The SMILES string of the molecule is CC(C)CN1CC(C(=O)NCCCCCNC(C)C)C1. The molecule has 0 aromatic rings. The molecule has 1 aliphatic heterocycles. The van der Waals surface area contributed by atoms with Crippen LogP contribution in [0, 0.1) is 11.8 Å². The molecule has 2 N–H and O–H groups in total. The van der Waals surface area contributed by atoms with Crippen molar-refractivity contribution in [2.75, 3.05) is 32.7 Å².